The maximum atomic E-state index is 11.8. The minimum absolute atomic E-state index is 0.0954. The Morgan fingerprint density at radius 3 is 2.53 bits per heavy atom. The number of hydrogen-bond donors (Lipinski definition) is 3. The zero-order valence-electron chi connectivity index (χ0n) is 11.0. The summed E-state index contributed by atoms with van der Waals surface area (Å²) < 4.78 is 0. The molecule has 3 amide bonds. The summed E-state index contributed by atoms with van der Waals surface area (Å²) in [4.78, 5) is 34.2. The van der Waals surface area contributed by atoms with Crippen LogP contribution in [-0.2, 0) is 15.0 Å². The first-order chi connectivity index (χ1) is 8.82. The van der Waals surface area contributed by atoms with Gasteiger partial charge in [0.05, 0.1) is 5.41 Å². The molecule has 0 saturated carbocycles. The molecule has 0 unspecified atom stereocenters. The molecule has 6 heteroatoms. The number of anilines is 1. The molecule has 1 aliphatic rings. The number of fused-ring (bicyclic) bond motifs is 1. The second kappa shape index (κ2) is 4.38. The average molecular weight is 261 g/mol. The Balaban J connectivity index is 2.24. The van der Waals surface area contributed by atoms with Crippen molar-refractivity contribution in [3.8, 4) is 0 Å². The van der Waals surface area contributed by atoms with Crippen molar-refractivity contribution in [2.24, 2.45) is 0 Å². The Kier molecular flexibility index (Phi) is 3.01. The van der Waals surface area contributed by atoms with Gasteiger partial charge in [-0.05, 0) is 31.5 Å². The van der Waals surface area contributed by atoms with Crippen molar-refractivity contribution in [3.05, 3.63) is 29.3 Å². The van der Waals surface area contributed by atoms with E-state index < -0.39 is 11.3 Å². The van der Waals surface area contributed by atoms with E-state index in [1.807, 2.05) is 13.8 Å². The Morgan fingerprint density at radius 1 is 1.21 bits per heavy atom. The van der Waals surface area contributed by atoms with Gasteiger partial charge in [0, 0.05) is 18.2 Å². The van der Waals surface area contributed by atoms with Gasteiger partial charge < -0.3 is 5.32 Å². The molecule has 1 aromatic carbocycles. The molecule has 0 atom stereocenters. The Hall–Kier alpha value is -2.37. The SMILES string of the molecule is CC(=O)NNC(=O)c1ccc2c(c1)NC(=O)C2(C)C. The fourth-order valence-corrected chi connectivity index (χ4v) is 1.95. The molecule has 0 radical (unpaired) electrons. The molecular formula is C13H15N3O3. The molecule has 100 valence electrons. The van der Waals surface area contributed by atoms with Crippen LogP contribution in [0.1, 0.15) is 36.7 Å². The highest BCUT2D eigenvalue weighted by Gasteiger charge is 2.38. The number of nitrogens with one attached hydrogen (secondary N) is 3. The third kappa shape index (κ3) is 2.29. The first-order valence-corrected chi connectivity index (χ1v) is 5.85. The molecule has 2 rings (SSSR count). The lowest BCUT2D eigenvalue weighted by Crippen LogP contribution is -2.40. The normalized spacial score (nSPS) is 15.4. The summed E-state index contributed by atoms with van der Waals surface area (Å²) >= 11 is 0. The monoisotopic (exact) mass is 261 g/mol. The van der Waals surface area contributed by atoms with Crippen LogP contribution in [0.5, 0.6) is 0 Å². The summed E-state index contributed by atoms with van der Waals surface area (Å²) in [5.74, 6) is -0.886. The second-order valence-electron chi connectivity index (χ2n) is 4.97. The van der Waals surface area contributed by atoms with E-state index in [1.165, 1.54) is 6.92 Å². The topological polar surface area (TPSA) is 87.3 Å². The lowest BCUT2D eigenvalue weighted by atomic mass is 9.86. The van der Waals surface area contributed by atoms with Gasteiger partial charge in [-0.2, -0.15) is 0 Å². The van der Waals surface area contributed by atoms with Crippen molar-refractivity contribution < 1.29 is 14.4 Å². The average Bonchev–Trinajstić information content (AvgIpc) is 2.57. The van der Waals surface area contributed by atoms with E-state index in [1.54, 1.807) is 18.2 Å². The fourth-order valence-electron chi connectivity index (χ4n) is 1.95. The first-order valence-electron chi connectivity index (χ1n) is 5.85. The molecule has 0 aromatic heterocycles. The number of hydrogen-bond acceptors (Lipinski definition) is 3. The van der Waals surface area contributed by atoms with E-state index in [0.717, 1.165) is 5.56 Å². The summed E-state index contributed by atoms with van der Waals surface area (Å²) in [7, 11) is 0. The molecule has 6 nitrogen and oxygen atoms in total. The standard InChI is InChI=1S/C13H15N3O3/c1-7(17)15-16-11(18)8-4-5-9-10(6-8)14-12(19)13(9,2)3/h4-6H,1-3H3,(H,14,19)(H,15,17)(H,16,18). The van der Waals surface area contributed by atoms with Crippen LogP contribution in [0.2, 0.25) is 0 Å². The van der Waals surface area contributed by atoms with Crippen LogP contribution in [-0.4, -0.2) is 17.7 Å². The fraction of sp³-hybridized carbons (Fsp3) is 0.308. The molecule has 1 aromatic rings. The summed E-state index contributed by atoms with van der Waals surface area (Å²) in [6.07, 6.45) is 0. The van der Waals surface area contributed by atoms with Crippen LogP contribution >= 0.6 is 0 Å². The summed E-state index contributed by atoms with van der Waals surface area (Å²) in [5, 5.41) is 2.74. The van der Waals surface area contributed by atoms with Crippen molar-refractivity contribution in [2.45, 2.75) is 26.2 Å². The third-order valence-electron chi connectivity index (χ3n) is 3.12. The molecule has 3 N–H and O–H groups in total. The van der Waals surface area contributed by atoms with Crippen molar-refractivity contribution in [1.29, 1.82) is 0 Å². The molecule has 0 bridgehead atoms. The highest BCUT2D eigenvalue weighted by atomic mass is 16.2. The number of carbonyl (C=O) groups is 3. The van der Waals surface area contributed by atoms with Gasteiger partial charge in [-0.25, -0.2) is 0 Å². The van der Waals surface area contributed by atoms with Crippen molar-refractivity contribution in [2.75, 3.05) is 5.32 Å². The van der Waals surface area contributed by atoms with Gasteiger partial charge in [0.2, 0.25) is 11.8 Å². The molecule has 0 aliphatic carbocycles. The Labute approximate surface area is 110 Å². The minimum Gasteiger partial charge on any atom is -0.325 e. The quantitative estimate of drug-likeness (QED) is 0.650. The van der Waals surface area contributed by atoms with Gasteiger partial charge in [0.15, 0.2) is 0 Å². The summed E-state index contributed by atoms with van der Waals surface area (Å²) in [6.45, 7) is 4.95. The highest BCUT2D eigenvalue weighted by Crippen LogP contribution is 2.37. The molecule has 0 spiro atoms. The number of rotatable bonds is 1. The molecular weight excluding hydrogens is 246 g/mol. The van der Waals surface area contributed by atoms with Crippen LogP contribution in [0, 0.1) is 0 Å². The Bertz CT molecular complexity index is 578. The van der Waals surface area contributed by atoms with E-state index >= 15 is 0 Å². The van der Waals surface area contributed by atoms with E-state index in [2.05, 4.69) is 16.2 Å². The lowest BCUT2D eigenvalue weighted by Gasteiger charge is -2.14. The third-order valence-corrected chi connectivity index (χ3v) is 3.12. The highest BCUT2D eigenvalue weighted by molar-refractivity contribution is 6.07. The molecule has 1 heterocycles. The minimum atomic E-state index is -0.595. The van der Waals surface area contributed by atoms with Crippen LogP contribution < -0.4 is 16.2 Å². The first kappa shape index (κ1) is 13.1. The van der Waals surface area contributed by atoms with Gasteiger partial charge in [0.1, 0.15) is 0 Å². The number of hydrazine groups is 1. The van der Waals surface area contributed by atoms with E-state index in [9.17, 15) is 14.4 Å². The van der Waals surface area contributed by atoms with Crippen molar-refractivity contribution >= 4 is 23.4 Å². The largest absolute Gasteiger partial charge is 0.325 e. The lowest BCUT2D eigenvalue weighted by molar-refractivity contribution is -0.120. The zero-order chi connectivity index (χ0) is 14.2. The maximum absolute atomic E-state index is 11.8. The van der Waals surface area contributed by atoms with Crippen molar-refractivity contribution in [1.82, 2.24) is 10.9 Å². The zero-order valence-corrected chi connectivity index (χ0v) is 11.0. The number of amides is 3. The van der Waals surface area contributed by atoms with Gasteiger partial charge in [0.25, 0.3) is 5.91 Å². The van der Waals surface area contributed by atoms with Gasteiger partial charge >= 0.3 is 0 Å². The smallest absolute Gasteiger partial charge is 0.269 e. The van der Waals surface area contributed by atoms with Crippen LogP contribution in [0.3, 0.4) is 0 Å². The predicted molar refractivity (Wildman–Crippen MR) is 69.4 cm³/mol. The van der Waals surface area contributed by atoms with Crippen LogP contribution in [0.15, 0.2) is 18.2 Å². The van der Waals surface area contributed by atoms with Gasteiger partial charge in [-0.3, -0.25) is 25.2 Å². The second-order valence-corrected chi connectivity index (χ2v) is 4.97. The van der Waals surface area contributed by atoms with E-state index in [4.69, 9.17) is 0 Å². The number of benzene rings is 1. The van der Waals surface area contributed by atoms with Crippen LogP contribution in [0.4, 0.5) is 5.69 Å². The summed E-state index contributed by atoms with van der Waals surface area (Å²) in [6, 6.07) is 4.97. The van der Waals surface area contributed by atoms with E-state index in [-0.39, 0.29) is 11.8 Å². The molecule has 19 heavy (non-hydrogen) atoms. The van der Waals surface area contributed by atoms with Gasteiger partial charge in [-0.15, -0.1) is 0 Å². The van der Waals surface area contributed by atoms with Crippen LogP contribution in [0.25, 0.3) is 0 Å². The summed E-state index contributed by atoms with van der Waals surface area (Å²) in [5.41, 5.74) is 5.74. The van der Waals surface area contributed by atoms with E-state index in [0.29, 0.717) is 11.3 Å². The predicted octanol–water partition coefficient (Wildman–Crippen LogP) is 0.697. The van der Waals surface area contributed by atoms with Crippen molar-refractivity contribution in [3.63, 3.8) is 0 Å². The Morgan fingerprint density at radius 2 is 1.89 bits per heavy atom. The van der Waals surface area contributed by atoms with Gasteiger partial charge in [-0.1, -0.05) is 6.07 Å². The number of carbonyl (C=O) groups excluding carboxylic acids is 3. The molecule has 0 saturated heterocycles. The molecule has 0 fully saturated rings. The molecule has 1 aliphatic heterocycles. The maximum Gasteiger partial charge on any atom is 0.269 e.